The lowest BCUT2D eigenvalue weighted by molar-refractivity contribution is -0.146. The maximum Gasteiger partial charge on any atom is 0.326 e. The van der Waals surface area contributed by atoms with Crippen molar-refractivity contribution in [2.75, 3.05) is 6.54 Å². The molecule has 21 heavy (non-hydrogen) atoms. The number of aliphatic carboxylic acids is 1. The van der Waals surface area contributed by atoms with E-state index in [2.05, 4.69) is 10.2 Å². The zero-order chi connectivity index (χ0) is 15.0. The monoisotopic (exact) mass is 287 g/mol. The highest BCUT2D eigenvalue weighted by molar-refractivity contribution is 5.96. The van der Waals surface area contributed by atoms with Crippen LogP contribution >= 0.6 is 0 Å². The summed E-state index contributed by atoms with van der Waals surface area (Å²) >= 11 is 0. The Morgan fingerprint density at radius 3 is 2.57 bits per heavy atom. The number of aromatic amines is 1. The van der Waals surface area contributed by atoms with Gasteiger partial charge in [-0.25, -0.2) is 4.79 Å². The first-order chi connectivity index (χ1) is 10.1. The molecule has 0 unspecified atom stereocenters. The number of carbonyl (C=O) groups is 2. The summed E-state index contributed by atoms with van der Waals surface area (Å²) in [6.45, 7) is 0.434. The average Bonchev–Trinajstić information content (AvgIpc) is 2.87. The number of nitrogens with one attached hydrogen (secondary N) is 1. The number of carboxylic acids is 1. The number of rotatable bonds is 3. The van der Waals surface area contributed by atoms with Gasteiger partial charge in [0.25, 0.3) is 5.91 Å². The Morgan fingerprint density at radius 2 is 2.00 bits per heavy atom. The van der Waals surface area contributed by atoms with Gasteiger partial charge in [-0.3, -0.25) is 9.89 Å². The molecule has 0 aliphatic carbocycles. The van der Waals surface area contributed by atoms with E-state index in [0.29, 0.717) is 18.7 Å². The molecule has 0 saturated carbocycles. The zero-order valence-corrected chi connectivity index (χ0v) is 11.0. The van der Waals surface area contributed by atoms with Crippen LogP contribution in [0.4, 0.5) is 0 Å². The van der Waals surface area contributed by atoms with Crippen LogP contribution in [-0.4, -0.2) is 49.8 Å². The minimum Gasteiger partial charge on any atom is -0.508 e. The van der Waals surface area contributed by atoms with Crippen LogP contribution in [0.2, 0.25) is 0 Å². The van der Waals surface area contributed by atoms with Crippen molar-refractivity contribution in [2.45, 2.75) is 12.5 Å². The van der Waals surface area contributed by atoms with Crippen molar-refractivity contribution in [3.63, 3.8) is 0 Å². The molecule has 1 aromatic carbocycles. The van der Waals surface area contributed by atoms with Crippen LogP contribution in [0.3, 0.4) is 0 Å². The molecule has 2 heterocycles. The molecule has 7 heteroatoms. The second kappa shape index (κ2) is 4.93. The van der Waals surface area contributed by atoms with Crippen molar-refractivity contribution >= 4 is 11.9 Å². The van der Waals surface area contributed by atoms with Gasteiger partial charge in [-0.2, -0.15) is 5.10 Å². The van der Waals surface area contributed by atoms with Crippen molar-refractivity contribution < 1.29 is 19.8 Å². The molecular formula is C14H13N3O4. The lowest BCUT2D eigenvalue weighted by Crippen LogP contribution is -2.55. The van der Waals surface area contributed by atoms with Crippen LogP contribution in [0.1, 0.15) is 16.9 Å². The normalized spacial score (nSPS) is 17.3. The van der Waals surface area contributed by atoms with Crippen LogP contribution in [0.25, 0.3) is 11.3 Å². The maximum absolute atomic E-state index is 12.2. The van der Waals surface area contributed by atoms with E-state index in [0.717, 1.165) is 5.56 Å². The number of carboxylic acid groups (broad SMARTS) is 1. The van der Waals surface area contributed by atoms with Crippen LogP contribution in [0, 0.1) is 0 Å². The van der Waals surface area contributed by atoms with E-state index in [9.17, 15) is 14.7 Å². The molecule has 1 fully saturated rings. The van der Waals surface area contributed by atoms with Crippen molar-refractivity contribution in [1.29, 1.82) is 0 Å². The number of likely N-dealkylation sites (tertiary alicyclic amines) is 1. The molecule has 0 bridgehead atoms. The highest BCUT2D eigenvalue weighted by Gasteiger charge is 2.38. The number of H-pyrrole nitrogens is 1. The fourth-order valence-corrected chi connectivity index (χ4v) is 2.25. The number of nitrogens with zero attached hydrogens (tertiary/aromatic N) is 2. The fraction of sp³-hybridized carbons (Fsp3) is 0.214. The van der Waals surface area contributed by atoms with E-state index in [1.807, 2.05) is 0 Å². The first-order valence-electron chi connectivity index (χ1n) is 6.45. The lowest BCUT2D eigenvalue weighted by Gasteiger charge is -2.37. The molecule has 108 valence electrons. The predicted molar refractivity (Wildman–Crippen MR) is 72.8 cm³/mol. The topological polar surface area (TPSA) is 107 Å². The third-order valence-electron chi connectivity index (χ3n) is 3.54. The molecule has 1 amide bonds. The van der Waals surface area contributed by atoms with Crippen molar-refractivity contribution in [1.82, 2.24) is 15.1 Å². The van der Waals surface area contributed by atoms with Crippen molar-refractivity contribution in [3.05, 3.63) is 36.0 Å². The van der Waals surface area contributed by atoms with Gasteiger partial charge in [0.15, 0.2) is 0 Å². The fourth-order valence-electron chi connectivity index (χ4n) is 2.25. The number of hydrogen-bond acceptors (Lipinski definition) is 4. The lowest BCUT2D eigenvalue weighted by atomic mass is 10.0. The number of carbonyl (C=O) groups excluding carboxylic acids is 1. The number of aromatic hydroxyl groups is 1. The quantitative estimate of drug-likeness (QED) is 0.783. The number of aromatic nitrogens is 2. The number of amides is 1. The molecule has 3 N–H and O–H groups in total. The Morgan fingerprint density at radius 1 is 1.29 bits per heavy atom. The molecule has 0 radical (unpaired) electrons. The first-order valence-corrected chi connectivity index (χ1v) is 6.45. The third kappa shape index (κ3) is 2.33. The largest absolute Gasteiger partial charge is 0.508 e. The smallest absolute Gasteiger partial charge is 0.326 e. The van der Waals surface area contributed by atoms with Crippen LogP contribution in [0.5, 0.6) is 5.75 Å². The van der Waals surface area contributed by atoms with Crippen molar-refractivity contribution in [3.8, 4) is 17.0 Å². The summed E-state index contributed by atoms with van der Waals surface area (Å²) in [4.78, 5) is 24.4. The minimum atomic E-state index is -0.993. The van der Waals surface area contributed by atoms with Crippen LogP contribution in [-0.2, 0) is 4.79 Å². The first kappa shape index (κ1) is 13.2. The third-order valence-corrected chi connectivity index (χ3v) is 3.54. The number of hydrogen-bond donors (Lipinski definition) is 3. The van der Waals surface area contributed by atoms with Gasteiger partial charge in [0, 0.05) is 12.1 Å². The average molecular weight is 287 g/mol. The van der Waals surface area contributed by atoms with E-state index >= 15 is 0 Å². The Bertz CT molecular complexity index is 692. The van der Waals surface area contributed by atoms with E-state index in [4.69, 9.17) is 5.11 Å². The predicted octanol–water partition coefficient (Wildman–Crippen LogP) is 1.08. The molecule has 3 rings (SSSR count). The van der Waals surface area contributed by atoms with E-state index in [1.165, 1.54) is 17.0 Å². The second-order valence-electron chi connectivity index (χ2n) is 4.85. The molecule has 1 aliphatic heterocycles. The maximum atomic E-state index is 12.2. The summed E-state index contributed by atoms with van der Waals surface area (Å²) in [6.07, 6.45) is 0.472. The molecule has 1 aliphatic rings. The SMILES string of the molecule is O=C(O)[C@H]1CCN1C(=O)c1cc(-c2ccc(O)cc2)n[nH]1. The van der Waals surface area contributed by atoms with Gasteiger partial charge in [-0.05, 0) is 36.8 Å². The van der Waals surface area contributed by atoms with Gasteiger partial charge in [-0.1, -0.05) is 0 Å². The molecule has 7 nitrogen and oxygen atoms in total. The summed E-state index contributed by atoms with van der Waals surface area (Å²) in [5, 5.41) is 24.9. The number of phenolic OH excluding ortho intramolecular Hbond substituents is 1. The second-order valence-corrected chi connectivity index (χ2v) is 4.85. The Hall–Kier alpha value is -2.83. The molecule has 2 aromatic rings. The summed E-state index contributed by atoms with van der Waals surface area (Å²) in [5.41, 5.74) is 1.57. The van der Waals surface area contributed by atoms with Gasteiger partial charge < -0.3 is 15.1 Å². The Balaban J connectivity index is 1.80. The summed E-state index contributed by atoms with van der Waals surface area (Å²) in [5.74, 6) is -1.21. The van der Waals surface area contributed by atoms with Gasteiger partial charge in [0.05, 0.1) is 5.69 Å². The highest BCUT2D eigenvalue weighted by atomic mass is 16.4. The number of phenols is 1. The Kier molecular flexibility index (Phi) is 3.09. The molecule has 0 spiro atoms. The van der Waals surface area contributed by atoms with Gasteiger partial charge in [-0.15, -0.1) is 0 Å². The highest BCUT2D eigenvalue weighted by Crippen LogP contribution is 2.24. The van der Waals surface area contributed by atoms with Gasteiger partial charge >= 0.3 is 5.97 Å². The van der Waals surface area contributed by atoms with E-state index < -0.39 is 12.0 Å². The van der Waals surface area contributed by atoms with Crippen LogP contribution < -0.4 is 0 Å². The standard InChI is InChI=1S/C14H13N3O4/c18-9-3-1-8(2-4-9)10-7-11(16-15-10)13(19)17-6-5-12(17)14(20)21/h1-4,7,12,18H,5-6H2,(H,15,16)(H,20,21)/t12-/m1/s1. The molecule has 1 saturated heterocycles. The summed E-state index contributed by atoms with van der Waals surface area (Å²) in [7, 11) is 0. The molecule has 1 aromatic heterocycles. The van der Waals surface area contributed by atoms with E-state index in [-0.39, 0.29) is 17.4 Å². The van der Waals surface area contributed by atoms with Crippen molar-refractivity contribution in [2.24, 2.45) is 0 Å². The van der Waals surface area contributed by atoms with Gasteiger partial charge in [0.1, 0.15) is 17.5 Å². The zero-order valence-electron chi connectivity index (χ0n) is 11.0. The summed E-state index contributed by atoms with van der Waals surface area (Å²) in [6, 6.07) is 7.25. The number of benzene rings is 1. The summed E-state index contributed by atoms with van der Waals surface area (Å²) < 4.78 is 0. The minimum absolute atomic E-state index is 0.149. The molecule has 1 atom stereocenters. The Labute approximate surface area is 119 Å². The van der Waals surface area contributed by atoms with E-state index in [1.54, 1.807) is 18.2 Å². The molecular weight excluding hydrogens is 274 g/mol. The van der Waals surface area contributed by atoms with Gasteiger partial charge in [0.2, 0.25) is 0 Å². The van der Waals surface area contributed by atoms with Crippen LogP contribution in [0.15, 0.2) is 30.3 Å².